The smallest absolute Gasteiger partial charge is 0.293 e. The number of carbonyl (C=O) groups excluding carboxylic acids is 1. The highest BCUT2D eigenvalue weighted by atomic mass is 32.1. The Balaban J connectivity index is 1.78. The van der Waals surface area contributed by atoms with Gasteiger partial charge in [0, 0.05) is 11.4 Å². The summed E-state index contributed by atoms with van der Waals surface area (Å²) in [5.74, 6) is 1.46. The van der Waals surface area contributed by atoms with Crippen LogP contribution in [-0.4, -0.2) is 44.8 Å². The predicted molar refractivity (Wildman–Crippen MR) is 101 cm³/mol. The summed E-state index contributed by atoms with van der Waals surface area (Å²) >= 11 is 1.63. The zero-order valence-corrected chi connectivity index (χ0v) is 16.1. The van der Waals surface area contributed by atoms with Gasteiger partial charge in [-0.2, -0.15) is 0 Å². The highest BCUT2D eigenvalue weighted by Crippen LogP contribution is 2.42. The maximum absolute atomic E-state index is 13.1. The lowest BCUT2D eigenvalue weighted by atomic mass is 9.90. The summed E-state index contributed by atoms with van der Waals surface area (Å²) in [5.41, 5.74) is 2.21. The Morgan fingerprint density at radius 1 is 1.22 bits per heavy atom. The van der Waals surface area contributed by atoms with Gasteiger partial charge in [0.15, 0.2) is 11.5 Å². The van der Waals surface area contributed by atoms with E-state index in [1.807, 2.05) is 34.5 Å². The molecular weight excluding hydrogens is 366 g/mol. The lowest BCUT2D eigenvalue weighted by Gasteiger charge is -2.37. The highest BCUT2D eigenvalue weighted by Gasteiger charge is 2.36. The fraction of sp³-hybridized carbons (Fsp3) is 0.350. The van der Waals surface area contributed by atoms with Crippen molar-refractivity contribution in [1.29, 1.82) is 0 Å². The molecule has 0 aliphatic carbocycles. The van der Waals surface area contributed by atoms with E-state index >= 15 is 0 Å². The summed E-state index contributed by atoms with van der Waals surface area (Å²) in [5, 5.41) is 2.02. The molecule has 0 unspecified atom stereocenters. The number of rotatable bonds is 4. The van der Waals surface area contributed by atoms with Crippen LogP contribution in [0, 0.1) is 0 Å². The van der Waals surface area contributed by atoms with E-state index in [0.29, 0.717) is 31.3 Å². The summed E-state index contributed by atoms with van der Waals surface area (Å²) in [7, 11) is 3.25. The molecule has 0 bridgehead atoms. The minimum Gasteiger partial charge on any atom is -0.494 e. The largest absolute Gasteiger partial charge is 0.494 e. The maximum atomic E-state index is 13.1. The highest BCUT2D eigenvalue weighted by molar-refractivity contribution is 7.10. The van der Waals surface area contributed by atoms with Crippen molar-refractivity contribution in [3.05, 3.63) is 57.7 Å². The molecule has 27 heavy (non-hydrogen) atoms. The fourth-order valence-electron chi connectivity index (χ4n) is 3.54. The molecule has 0 saturated heterocycles. The van der Waals surface area contributed by atoms with Gasteiger partial charge in [0.25, 0.3) is 5.91 Å². The summed E-state index contributed by atoms with van der Waals surface area (Å²) in [6, 6.07) is 7.83. The molecule has 7 heteroatoms. The molecule has 6 nitrogen and oxygen atoms in total. The lowest BCUT2D eigenvalue weighted by Crippen LogP contribution is -2.42. The molecular formula is C20H21NO5S. The first-order valence-corrected chi connectivity index (χ1v) is 9.64. The number of amides is 1. The minimum atomic E-state index is -0.201. The first-order valence-electron chi connectivity index (χ1n) is 8.76. The molecule has 2 aliphatic heterocycles. The van der Waals surface area contributed by atoms with Gasteiger partial charge in [0.1, 0.15) is 19.5 Å². The summed E-state index contributed by atoms with van der Waals surface area (Å²) in [6.45, 7) is 1.44. The van der Waals surface area contributed by atoms with Crippen LogP contribution in [0.3, 0.4) is 0 Å². The van der Waals surface area contributed by atoms with Crippen molar-refractivity contribution in [3.63, 3.8) is 0 Å². The number of hydrogen-bond donors (Lipinski definition) is 0. The van der Waals surface area contributed by atoms with E-state index in [2.05, 4.69) is 0 Å². The summed E-state index contributed by atoms with van der Waals surface area (Å²) < 4.78 is 21.8. The van der Waals surface area contributed by atoms with Crippen LogP contribution >= 0.6 is 11.3 Å². The molecule has 3 heterocycles. The van der Waals surface area contributed by atoms with Crippen LogP contribution in [0.2, 0.25) is 0 Å². The monoisotopic (exact) mass is 387 g/mol. The Labute approximate surface area is 161 Å². The van der Waals surface area contributed by atoms with E-state index in [1.54, 1.807) is 25.6 Å². The molecule has 1 atom stereocenters. The first-order chi connectivity index (χ1) is 13.2. The van der Waals surface area contributed by atoms with Crippen molar-refractivity contribution in [1.82, 2.24) is 4.90 Å². The van der Waals surface area contributed by atoms with Crippen LogP contribution in [0.25, 0.3) is 0 Å². The number of carbonyl (C=O) groups is 1. The first kappa shape index (κ1) is 17.7. The van der Waals surface area contributed by atoms with Gasteiger partial charge in [0.05, 0.1) is 20.3 Å². The molecule has 2 aromatic rings. The maximum Gasteiger partial charge on any atom is 0.293 e. The van der Waals surface area contributed by atoms with Gasteiger partial charge < -0.3 is 23.8 Å². The Bertz CT molecular complexity index is 862. The molecule has 1 amide bonds. The molecule has 0 N–H and O–H groups in total. The fourth-order valence-corrected chi connectivity index (χ4v) is 4.39. The number of fused-ring (bicyclic) bond motifs is 1. The molecule has 0 saturated carbocycles. The Morgan fingerprint density at radius 3 is 2.70 bits per heavy atom. The summed E-state index contributed by atoms with van der Waals surface area (Å²) in [6.07, 6.45) is 2.15. The molecule has 142 valence electrons. The molecule has 0 fully saturated rings. The molecule has 1 aromatic carbocycles. The van der Waals surface area contributed by atoms with Crippen LogP contribution < -0.4 is 9.47 Å². The van der Waals surface area contributed by atoms with E-state index in [0.717, 1.165) is 22.4 Å². The van der Waals surface area contributed by atoms with Gasteiger partial charge in [-0.05, 0) is 41.1 Å². The molecule has 1 aromatic heterocycles. The molecule has 0 spiro atoms. The van der Waals surface area contributed by atoms with Gasteiger partial charge in [-0.3, -0.25) is 4.79 Å². The average molecular weight is 387 g/mol. The average Bonchev–Trinajstić information content (AvgIpc) is 3.26. The third-order valence-electron chi connectivity index (χ3n) is 4.81. The Kier molecular flexibility index (Phi) is 4.94. The van der Waals surface area contributed by atoms with Crippen LogP contribution in [0.5, 0.6) is 11.5 Å². The Morgan fingerprint density at radius 2 is 2.04 bits per heavy atom. The van der Waals surface area contributed by atoms with E-state index in [4.69, 9.17) is 18.9 Å². The standard InChI is InChI=1S/C20H21NO5S/c1-23-15-10-13-5-6-21(20(22)17-12-25-7-8-26-17)19(18-4-3-9-27-18)14(13)11-16(15)24-2/h3-4,9-12,19H,5-8H2,1-2H3/t19-/m0/s1. The van der Waals surface area contributed by atoms with Crippen LogP contribution in [-0.2, 0) is 20.7 Å². The zero-order valence-electron chi connectivity index (χ0n) is 15.3. The number of thiophene rings is 1. The van der Waals surface area contributed by atoms with E-state index in [-0.39, 0.29) is 17.7 Å². The second-order valence-corrected chi connectivity index (χ2v) is 7.25. The van der Waals surface area contributed by atoms with Crippen molar-refractivity contribution in [2.75, 3.05) is 34.0 Å². The molecule has 4 rings (SSSR count). The van der Waals surface area contributed by atoms with Crippen molar-refractivity contribution < 1.29 is 23.7 Å². The SMILES string of the molecule is COc1cc2c(cc1OC)[C@@H](c1cccs1)N(C(=O)C1=COCCO1)CC2. The van der Waals surface area contributed by atoms with Crippen molar-refractivity contribution in [3.8, 4) is 11.5 Å². The number of hydrogen-bond acceptors (Lipinski definition) is 6. The van der Waals surface area contributed by atoms with Gasteiger partial charge in [-0.1, -0.05) is 6.07 Å². The topological polar surface area (TPSA) is 57.2 Å². The minimum absolute atomic E-state index is 0.159. The second-order valence-electron chi connectivity index (χ2n) is 6.27. The Hall–Kier alpha value is -2.67. The van der Waals surface area contributed by atoms with E-state index < -0.39 is 0 Å². The number of nitrogens with zero attached hydrogens (tertiary/aromatic N) is 1. The van der Waals surface area contributed by atoms with Crippen LogP contribution in [0.1, 0.15) is 22.0 Å². The number of benzene rings is 1. The van der Waals surface area contributed by atoms with Gasteiger partial charge in [-0.25, -0.2) is 0 Å². The van der Waals surface area contributed by atoms with Crippen molar-refractivity contribution >= 4 is 17.2 Å². The van der Waals surface area contributed by atoms with Crippen LogP contribution in [0.15, 0.2) is 41.7 Å². The van der Waals surface area contributed by atoms with Gasteiger partial charge in [-0.15, -0.1) is 11.3 Å². The van der Waals surface area contributed by atoms with Crippen LogP contribution in [0.4, 0.5) is 0 Å². The quantitative estimate of drug-likeness (QED) is 0.807. The second kappa shape index (κ2) is 7.52. The van der Waals surface area contributed by atoms with Crippen molar-refractivity contribution in [2.45, 2.75) is 12.5 Å². The third kappa shape index (κ3) is 3.23. The van der Waals surface area contributed by atoms with Crippen molar-refractivity contribution in [2.24, 2.45) is 0 Å². The van der Waals surface area contributed by atoms with E-state index in [9.17, 15) is 4.79 Å². The third-order valence-corrected chi connectivity index (χ3v) is 5.73. The molecule has 2 aliphatic rings. The normalized spacial score (nSPS) is 18.7. The lowest BCUT2D eigenvalue weighted by molar-refractivity contribution is -0.134. The van der Waals surface area contributed by atoms with Gasteiger partial charge in [0.2, 0.25) is 5.76 Å². The van der Waals surface area contributed by atoms with E-state index in [1.165, 1.54) is 6.26 Å². The zero-order chi connectivity index (χ0) is 18.8. The number of ether oxygens (including phenoxy) is 4. The van der Waals surface area contributed by atoms with Gasteiger partial charge >= 0.3 is 0 Å². The molecule has 0 radical (unpaired) electrons. The number of methoxy groups -OCH3 is 2. The summed E-state index contributed by atoms with van der Waals surface area (Å²) in [4.78, 5) is 16.1. The predicted octanol–water partition coefficient (Wildman–Crippen LogP) is 3.13.